The molecule has 104 valence electrons. The molecule has 6 heteroatoms. The molecule has 1 heterocycles. The summed E-state index contributed by atoms with van der Waals surface area (Å²) in [7, 11) is 1.63. The van der Waals surface area contributed by atoms with E-state index in [4.69, 9.17) is 9.47 Å². The van der Waals surface area contributed by atoms with Crippen LogP contribution in [0, 0.1) is 0 Å². The maximum atomic E-state index is 11.8. The lowest BCUT2D eigenvalue weighted by Gasteiger charge is -2.26. The second-order valence-electron chi connectivity index (χ2n) is 4.38. The molecule has 0 spiro atoms. The van der Waals surface area contributed by atoms with E-state index in [1.165, 1.54) is 0 Å². The second kappa shape index (κ2) is 8.05. The van der Waals surface area contributed by atoms with Gasteiger partial charge in [-0.05, 0) is 13.3 Å². The first kappa shape index (κ1) is 14.9. The molecule has 0 aromatic heterocycles. The minimum atomic E-state index is -0.0605. The van der Waals surface area contributed by atoms with Gasteiger partial charge in [0.15, 0.2) is 0 Å². The van der Waals surface area contributed by atoms with Crippen LogP contribution in [0.3, 0.4) is 0 Å². The van der Waals surface area contributed by atoms with E-state index in [9.17, 15) is 9.59 Å². The quantitative estimate of drug-likeness (QED) is 0.641. The first-order valence-corrected chi connectivity index (χ1v) is 6.28. The number of hydrogen-bond donors (Lipinski definition) is 1. The summed E-state index contributed by atoms with van der Waals surface area (Å²) in [5.74, 6) is -0.0834. The van der Waals surface area contributed by atoms with Crippen LogP contribution in [0.25, 0.3) is 0 Å². The van der Waals surface area contributed by atoms with Crippen molar-refractivity contribution in [2.45, 2.75) is 25.8 Å². The molecule has 0 radical (unpaired) electrons. The number of amides is 2. The van der Waals surface area contributed by atoms with E-state index in [-0.39, 0.29) is 24.4 Å². The fourth-order valence-electron chi connectivity index (χ4n) is 1.90. The summed E-state index contributed by atoms with van der Waals surface area (Å²) in [5, 5.41) is 2.60. The lowest BCUT2D eigenvalue weighted by atomic mass is 10.2. The van der Waals surface area contributed by atoms with Crippen molar-refractivity contribution in [1.29, 1.82) is 0 Å². The van der Waals surface area contributed by atoms with E-state index in [1.54, 1.807) is 12.0 Å². The van der Waals surface area contributed by atoms with Gasteiger partial charge in [0.2, 0.25) is 11.8 Å². The number of nitrogens with one attached hydrogen (secondary N) is 1. The first-order valence-electron chi connectivity index (χ1n) is 6.28. The summed E-state index contributed by atoms with van der Waals surface area (Å²) in [4.78, 5) is 24.8. The van der Waals surface area contributed by atoms with Gasteiger partial charge in [0.05, 0.1) is 19.8 Å². The highest BCUT2D eigenvalue weighted by atomic mass is 16.5. The predicted octanol–water partition coefficient (Wildman–Crippen LogP) is -0.223. The molecule has 0 saturated carbocycles. The minimum absolute atomic E-state index is 0.0229. The number of carbonyl (C=O) groups is 2. The molecule has 2 amide bonds. The Kier molecular flexibility index (Phi) is 6.67. The van der Waals surface area contributed by atoms with Crippen LogP contribution in [-0.2, 0) is 19.1 Å². The molecular weight excluding hydrogens is 236 g/mol. The maximum absolute atomic E-state index is 11.8. The Hall–Kier alpha value is -1.14. The van der Waals surface area contributed by atoms with E-state index < -0.39 is 0 Å². The standard InChI is InChI=1S/C12H22N2O4/c1-10-8-11(15)13-9-12(16)14(10)4-3-5-18-7-6-17-2/h10H,3-9H2,1-2H3,(H,13,15). The van der Waals surface area contributed by atoms with E-state index in [0.717, 1.165) is 6.42 Å². The van der Waals surface area contributed by atoms with Gasteiger partial charge >= 0.3 is 0 Å². The summed E-state index contributed by atoms with van der Waals surface area (Å²) in [5.41, 5.74) is 0. The van der Waals surface area contributed by atoms with Crippen molar-refractivity contribution in [3.63, 3.8) is 0 Å². The van der Waals surface area contributed by atoms with Gasteiger partial charge in [-0.25, -0.2) is 0 Å². The zero-order chi connectivity index (χ0) is 13.4. The van der Waals surface area contributed by atoms with Gasteiger partial charge in [-0.2, -0.15) is 0 Å². The highest BCUT2D eigenvalue weighted by Crippen LogP contribution is 2.08. The van der Waals surface area contributed by atoms with Crippen molar-refractivity contribution in [1.82, 2.24) is 10.2 Å². The molecule has 0 aromatic rings. The number of nitrogens with zero attached hydrogens (tertiary/aromatic N) is 1. The number of rotatable bonds is 7. The summed E-state index contributed by atoms with van der Waals surface area (Å²) in [6.07, 6.45) is 1.14. The van der Waals surface area contributed by atoms with Crippen molar-refractivity contribution >= 4 is 11.8 Å². The van der Waals surface area contributed by atoms with Gasteiger partial charge in [0.1, 0.15) is 0 Å². The van der Waals surface area contributed by atoms with Crippen molar-refractivity contribution in [2.24, 2.45) is 0 Å². The zero-order valence-corrected chi connectivity index (χ0v) is 11.1. The summed E-state index contributed by atoms with van der Waals surface area (Å²) < 4.78 is 10.2. The van der Waals surface area contributed by atoms with Crippen LogP contribution < -0.4 is 5.32 Å². The molecule has 1 saturated heterocycles. The van der Waals surface area contributed by atoms with Crippen molar-refractivity contribution in [3.8, 4) is 0 Å². The van der Waals surface area contributed by atoms with Gasteiger partial charge in [-0.15, -0.1) is 0 Å². The highest BCUT2D eigenvalue weighted by molar-refractivity contribution is 5.87. The predicted molar refractivity (Wildman–Crippen MR) is 66.1 cm³/mol. The maximum Gasteiger partial charge on any atom is 0.242 e. The van der Waals surface area contributed by atoms with Crippen LogP contribution in [0.15, 0.2) is 0 Å². The zero-order valence-electron chi connectivity index (χ0n) is 11.1. The van der Waals surface area contributed by atoms with Crippen LogP contribution in [0.2, 0.25) is 0 Å². The van der Waals surface area contributed by atoms with Crippen LogP contribution >= 0.6 is 0 Å². The monoisotopic (exact) mass is 258 g/mol. The Morgan fingerprint density at radius 3 is 2.83 bits per heavy atom. The topological polar surface area (TPSA) is 67.9 Å². The van der Waals surface area contributed by atoms with E-state index in [0.29, 0.717) is 32.8 Å². The average Bonchev–Trinajstić information content (AvgIpc) is 2.45. The molecule has 0 bridgehead atoms. The van der Waals surface area contributed by atoms with Gasteiger partial charge in [0.25, 0.3) is 0 Å². The Bertz CT molecular complexity index is 283. The van der Waals surface area contributed by atoms with Crippen LogP contribution in [-0.4, -0.2) is 62.8 Å². The molecule has 1 N–H and O–H groups in total. The summed E-state index contributed by atoms with van der Waals surface area (Å²) >= 11 is 0. The van der Waals surface area contributed by atoms with Crippen LogP contribution in [0.5, 0.6) is 0 Å². The van der Waals surface area contributed by atoms with Gasteiger partial charge in [0, 0.05) is 32.7 Å². The van der Waals surface area contributed by atoms with Gasteiger partial charge < -0.3 is 19.7 Å². The largest absolute Gasteiger partial charge is 0.382 e. The number of carbonyl (C=O) groups excluding carboxylic acids is 2. The number of ether oxygens (including phenoxy) is 2. The van der Waals surface area contributed by atoms with Crippen molar-refractivity contribution in [2.75, 3.05) is 40.0 Å². The lowest BCUT2D eigenvalue weighted by Crippen LogP contribution is -2.40. The molecule has 1 aliphatic heterocycles. The van der Waals surface area contributed by atoms with Crippen LogP contribution in [0.1, 0.15) is 19.8 Å². The smallest absolute Gasteiger partial charge is 0.242 e. The summed E-state index contributed by atoms with van der Waals surface area (Å²) in [6.45, 7) is 4.38. The molecule has 1 aliphatic rings. The fraction of sp³-hybridized carbons (Fsp3) is 0.833. The fourth-order valence-corrected chi connectivity index (χ4v) is 1.90. The third kappa shape index (κ3) is 5.01. The van der Waals surface area contributed by atoms with Gasteiger partial charge in [-0.3, -0.25) is 9.59 Å². The normalized spacial score (nSPS) is 20.8. The van der Waals surface area contributed by atoms with E-state index >= 15 is 0 Å². The third-order valence-electron chi connectivity index (χ3n) is 2.89. The molecule has 1 unspecified atom stereocenters. The molecule has 0 aromatic carbocycles. The number of hydrogen-bond acceptors (Lipinski definition) is 4. The Balaban J connectivity index is 2.26. The molecule has 6 nitrogen and oxygen atoms in total. The SMILES string of the molecule is COCCOCCCN1C(=O)CNC(=O)CC1C. The van der Waals surface area contributed by atoms with Crippen LogP contribution in [0.4, 0.5) is 0 Å². The van der Waals surface area contributed by atoms with Gasteiger partial charge in [-0.1, -0.05) is 0 Å². The Morgan fingerprint density at radius 1 is 1.33 bits per heavy atom. The molecule has 1 fully saturated rings. The second-order valence-corrected chi connectivity index (χ2v) is 4.38. The molecule has 0 aliphatic carbocycles. The molecule has 1 rings (SSSR count). The van der Waals surface area contributed by atoms with Crippen molar-refractivity contribution in [3.05, 3.63) is 0 Å². The Morgan fingerprint density at radius 2 is 2.11 bits per heavy atom. The summed E-state index contributed by atoms with van der Waals surface area (Å²) in [6, 6.07) is -0.0426. The Labute approximate surface area is 108 Å². The third-order valence-corrected chi connectivity index (χ3v) is 2.89. The van der Waals surface area contributed by atoms with E-state index in [1.807, 2.05) is 6.92 Å². The molecule has 1 atom stereocenters. The molecule has 18 heavy (non-hydrogen) atoms. The first-order chi connectivity index (χ1) is 8.65. The minimum Gasteiger partial charge on any atom is -0.382 e. The number of methoxy groups -OCH3 is 1. The average molecular weight is 258 g/mol. The lowest BCUT2D eigenvalue weighted by molar-refractivity contribution is -0.131. The van der Waals surface area contributed by atoms with E-state index in [2.05, 4.69) is 5.32 Å². The molecular formula is C12H22N2O4. The van der Waals surface area contributed by atoms with Crippen molar-refractivity contribution < 1.29 is 19.1 Å². The highest BCUT2D eigenvalue weighted by Gasteiger charge is 2.25.